The Hall–Kier alpha value is -1.05. The molecule has 0 saturated heterocycles. The van der Waals surface area contributed by atoms with Gasteiger partial charge in [0.05, 0.1) is 0 Å². The maximum absolute atomic E-state index is 11.7. The highest BCUT2D eigenvalue weighted by Gasteiger charge is 2.26. The summed E-state index contributed by atoms with van der Waals surface area (Å²) in [6.07, 6.45) is 11.3. The SMILES string of the molecule is CC(C)(C)OC(=O)/C=C/C1=C2CCCC2CCC1. The van der Waals surface area contributed by atoms with Gasteiger partial charge in [-0.05, 0) is 70.8 Å². The normalized spacial score (nSPS) is 24.5. The second-order valence-corrected chi connectivity index (χ2v) is 6.40. The molecule has 1 saturated carbocycles. The van der Waals surface area contributed by atoms with Crippen molar-refractivity contribution in [2.24, 2.45) is 5.92 Å². The van der Waals surface area contributed by atoms with Crippen LogP contribution in [-0.2, 0) is 9.53 Å². The molecule has 0 aromatic rings. The standard InChI is InChI=1S/C16H24O2/c1-16(2,3)18-15(17)11-10-13-7-4-6-12-8-5-9-14(12)13/h10-12H,4-9H2,1-3H3/b11-10+. The van der Waals surface area contributed by atoms with Crippen molar-refractivity contribution in [3.63, 3.8) is 0 Å². The van der Waals surface area contributed by atoms with E-state index in [1.807, 2.05) is 26.8 Å². The molecule has 2 rings (SSSR count). The van der Waals surface area contributed by atoms with E-state index >= 15 is 0 Å². The van der Waals surface area contributed by atoms with Crippen LogP contribution in [-0.4, -0.2) is 11.6 Å². The Morgan fingerprint density at radius 3 is 2.56 bits per heavy atom. The number of hydrogen-bond donors (Lipinski definition) is 0. The summed E-state index contributed by atoms with van der Waals surface area (Å²) in [7, 11) is 0. The van der Waals surface area contributed by atoms with E-state index in [1.165, 1.54) is 37.7 Å². The molecule has 0 N–H and O–H groups in total. The molecule has 0 aromatic carbocycles. The number of ether oxygens (including phenoxy) is 1. The maximum Gasteiger partial charge on any atom is 0.331 e. The molecule has 2 nitrogen and oxygen atoms in total. The highest BCUT2D eigenvalue weighted by Crippen LogP contribution is 2.41. The van der Waals surface area contributed by atoms with E-state index in [0.29, 0.717) is 0 Å². The van der Waals surface area contributed by atoms with E-state index in [-0.39, 0.29) is 5.97 Å². The van der Waals surface area contributed by atoms with E-state index < -0.39 is 5.60 Å². The zero-order valence-corrected chi connectivity index (χ0v) is 11.8. The minimum atomic E-state index is -0.401. The Morgan fingerprint density at radius 1 is 1.22 bits per heavy atom. The van der Waals surface area contributed by atoms with Gasteiger partial charge in [0.2, 0.25) is 0 Å². The lowest BCUT2D eigenvalue weighted by atomic mass is 9.84. The topological polar surface area (TPSA) is 26.3 Å². The fourth-order valence-electron chi connectivity index (χ4n) is 3.05. The molecule has 2 heteroatoms. The first kappa shape index (κ1) is 13.4. The molecule has 2 aliphatic rings. The molecule has 1 unspecified atom stereocenters. The monoisotopic (exact) mass is 248 g/mol. The van der Waals surface area contributed by atoms with Gasteiger partial charge in [0.1, 0.15) is 5.60 Å². The summed E-state index contributed by atoms with van der Waals surface area (Å²) < 4.78 is 5.29. The first-order valence-corrected chi connectivity index (χ1v) is 7.09. The lowest BCUT2D eigenvalue weighted by Gasteiger charge is -2.22. The molecule has 18 heavy (non-hydrogen) atoms. The summed E-state index contributed by atoms with van der Waals surface area (Å²) in [5.41, 5.74) is 2.61. The Kier molecular flexibility index (Phi) is 3.94. The van der Waals surface area contributed by atoms with Crippen molar-refractivity contribution >= 4 is 5.97 Å². The summed E-state index contributed by atoms with van der Waals surface area (Å²) in [6, 6.07) is 0. The fourth-order valence-corrected chi connectivity index (χ4v) is 3.05. The molecule has 0 spiro atoms. The van der Waals surface area contributed by atoms with E-state index in [9.17, 15) is 4.79 Å². The third-order valence-electron chi connectivity index (χ3n) is 3.73. The minimum absolute atomic E-state index is 0.226. The largest absolute Gasteiger partial charge is 0.457 e. The molecule has 2 aliphatic carbocycles. The van der Waals surface area contributed by atoms with Crippen molar-refractivity contribution in [2.75, 3.05) is 0 Å². The molecule has 1 atom stereocenters. The molecule has 0 bridgehead atoms. The first-order valence-electron chi connectivity index (χ1n) is 7.09. The minimum Gasteiger partial charge on any atom is -0.457 e. The average Bonchev–Trinajstić information content (AvgIpc) is 2.72. The molecule has 0 aliphatic heterocycles. The number of hydrogen-bond acceptors (Lipinski definition) is 2. The van der Waals surface area contributed by atoms with Crippen LogP contribution in [0.3, 0.4) is 0 Å². The number of fused-ring (bicyclic) bond motifs is 1. The van der Waals surface area contributed by atoms with Gasteiger partial charge in [0.15, 0.2) is 0 Å². The maximum atomic E-state index is 11.7. The number of allylic oxidation sites excluding steroid dienone is 3. The van der Waals surface area contributed by atoms with Crippen LogP contribution in [0.25, 0.3) is 0 Å². The Balaban J connectivity index is 2.02. The van der Waals surface area contributed by atoms with Gasteiger partial charge in [0, 0.05) is 6.08 Å². The lowest BCUT2D eigenvalue weighted by molar-refractivity contribution is -0.148. The highest BCUT2D eigenvalue weighted by molar-refractivity contribution is 5.82. The number of carbonyl (C=O) groups excluding carboxylic acids is 1. The summed E-state index contributed by atoms with van der Waals surface area (Å²) in [5, 5.41) is 0. The average molecular weight is 248 g/mol. The van der Waals surface area contributed by atoms with Gasteiger partial charge >= 0.3 is 5.97 Å². The van der Waals surface area contributed by atoms with Crippen molar-refractivity contribution < 1.29 is 9.53 Å². The second-order valence-electron chi connectivity index (χ2n) is 6.40. The number of esters is 1. The van der Waals surface area contributed by atoms with Crippen LogP contribution in [0.2, 0.25) is 0 Å². The van der Waals surface area contributed by atoms with Crippen LogP contribution in [0.1, 0.15) is 59.3 Å². The van der Waals surface area contributed by atoms with Gasteiger partial charge in [-0.3, -0.25) is 0 Å². The molecular weight excluding hydrogens is 224 g/mol. The highest BCUT2D eigenvalue weighted by atomic mass is 16.6. The number of rotatable bonds is 2. The van der Waals surface area contributed by atoms with Crippen molar-refractivity contribution in [3.05, 3.63) is 23.3 Å². The Bertz CT molecular complexity index is 382. The van der Waals surface area contributed by atoms with Gasteiger partial charge in [-0.1, -0.05) is 11.6 Å². The van der Waals surface area contributed by atoms with Crippen molar-refractivity contribution in [1.82, 2.24) is 0 Å². The fraction of sp³-hybridized carbons (Fsp3) is 0.688. The van der Waals surface area contributed by atoms with E-state index in [1.54, 1.807) is 11.6 Å². The molecular formula is C16H24O2. The summed E-state index contributed by atoms with van der Waals surface area (Å²) in [6.45, 7) is 5.69. The van der Waals surface area contributed by atoms with Gasteiger partial charge in [0.25, 0.3) is 0 Å². The van der Waals surface area contributed by atoms with Gasteiger partial charge < -0.3 is 4.74 Å². The zero-order chi connectivity index (χ0) is 13.2. The molecule has 100 valence electrons. The Labute approximate surface area is 110 Å². The predicted octanol–water partition coefficient (Wildman–Crippen LogP) is 4.16. The molecule has 0 aromatic heterocycles. The van der Waals surface area contributed by atoms with Crippen molar-refractivity contribution in [3.8, 4) is 0 Å². The zero-order valence-electron chi connectivity index (χ0n) is 11.8. The van der Waals surface area contributed by atoms with Crippen LogP contribution >= 0.6 is 0 Å². The van der Waals surface area contributed by atoms with Crippen LogP contribution in [0.4, 0.5) is 0 Å². The summed E-state index contributed by atoms with van der Waals surface area (Å²) in [5.74, 6) is 0.577. The molecule has 1 fully saturated rings. The van der Waals surface area contributed by atoms with E-state index in [0.717, 1.165) is 12.3 Å². The Morgan fingerprint density at radius 2 is 1.89 bits per heavy atom. The molecule has 0 amide bonds. The van der Waals surface area contributed by atoms with Crippen LogP contribution < -0.4 is 0 Å². The van der Waals surface area contributed by atoms with Crippen molar-refractivity contribution in [1.29, 1.82) is 0 Å². The van der Waals surface area contributed by atoms with Crippen molar-refractivity contribution in [2.45, 2.75) is 64.9 Å². The smallest absolute Gasteiger partial charge is 0.331 e. The van der Waals surface area contributed by atoms with Gasteiger partial charge in [-0.15, -0.1) is 0 Å². The van der Waals surface area contributed by atoms with Crippen LogP contribution in [0.5, 0.6) is 0 Å². The summed E-state index contributed by atoms with van der Waals surface area (Å²) >= 11 is 0. The summed E-state index contributed by atoms with van der Waals surface area (Å²) in [4.78, 5) is 11.7. The van der Waals surface area contributed by atoms with E-state index in [2.05, 4.69) is 0 Å². The molecule has 0 heterocycles. The second kappa shape index (κ2) is 5.29. The van der Waals surface area contributed by atoms with Crippen LogP contribution in [0, 0.1) is 5.92 Å². The third-order valence-corrected chi connectivity index (χ3v) is 3.73. The van der Waals surface area contributed by atoms with Crippen LogP contribution in [0.15, 0.2) is 23.3 Å². The first-order chi connectivity index (χ1) is 8.46. The lowest BCUT2D eigenvalue weighted by Crippen LogP contribution is -2.22. The number of carbonyl (C=O) groups is 1. The quantitative estimate of drug-likeness (QED) is 0.541. The third kappa shape index (κ3) is 3.47. The van der Waals surface area contributed by atoms with Gasteiger partial charge in [-0.25, -0.2) is 4.79 Å². The molecule has 0 radical (unpaired) electrons. The predicted molar refractivity (Wildman–Crippen MR) is 73.2 cm³/mol. The van der Waals surface area contributed by atoms with Gasteiger partial charge in [-0.2, -0.15) is 0 Å². The van der Waals surface area contributed by atoms with E-state index in [4.69, 9.17) is 4.74 Å².